The van der Waals surface area contributed by atoms with E-state index in [4.69, 9.17) is 5.73 Å². The topological polar surface area (TPSA) is 32.5 Å². The van der Waals surface area contributed by atoms with Gasteiger partial charge in [0.1, 0.15) is 0 Å². The quantitative estimate of drug-likeness (QED) is 0.909. The Balaban J connectivity index is 2.27. The molecule has 2 rings (SSSR count). The molecule has 1 aromatic rings. The van der Waals surface area contributed by atoms with Crippen LogP contribution in [0.5, 0.6) is 0 Å². The summed E-state index contributed by atoms with van der Waals surface area (Å²) >= 11 is 3.65. The molecule has 4 heteroatoms. The molecule has 0 spiro atoms. The fourth-order valence-corrected chi connectivity index (χ4v) is 3.06. The minimum atomic E-state index is 0.388. The summed E-state index contributed by atoms with van der Waals surface area (Å²) < 4.78 is 1.15. The van der Waals surface area contributed by atoms with E-state index in [1.54, 1.807) is 0 Å². The summed E-state index contributed by atoms with van der Waals surface area (Å²) in [6, 6.07) is 9.41. The number of hydrogen-bond donors (Lipinski definition) is 1. The SMILES string of the molecule is CC1CCN(c2ccccc2Br)C(CN)CN1C. The van der Waals surface area contributed by atoms with Gasteiger partial charge < -0.3 is 15.5 Å². The highest BCUT2D eigenvalue weighted by molar-refractivity contribution is 9.10. The van der Waals surface area contributed by atoms with Crippen LogP contribution in [0.25, 0.3) is 0 Å². The molecule has 100 valence electrons. The van der Waals surface area contributed by atoms with Crippen LogP contribution in [0, 0.1) is 0 Å². The van der Waals surface area contributed by atoms with E-state index >= 15 is 0 Å². The van der Waals surface area contributed by atoms with Gasteiger partial charge in [-0.3, -0.25) is 0 Å². The molecule has 1 saturated heterocycles. The summed E-state index contributed by atoms with van der Waals surface area (Å²) in [5, 5.41) is 0. The van der Waals surface area contributed by atoms with Crippen molar-refractivity contribution in [3.8, 4) is 0 Å². The van der Waals surface area contributed by atoms with Gasteiger partial charge in [0.2, 0.25) is 0 Å². The standard InChI is InChI=1S/C14H22BrN3/c1-11-7-8-18(12(9-16)10-17(11)2)14-6-4-3-5-13(14)15/h3-6,11-12H,7-10,16H2,1-2H3. The molecule has 0 amide bonds. The zero-order valence-electron chi connectivity index (χ0n) is 11.1. The Bertz CT molecular complexity index is 396. The molecule has 0 saturated carbocycles. The molecule has 0 aliphatic carbocycles. The number of nitrogens with zero attached hydrogens (tertiary/aromatic N) is 2. The second kappa shape index (κ2) is 6.04. The molecule has 1 aliphatic rings. The van der Waals surface area contributed by atoms with Gasteiger partial charge in [0.25, 0.3) is 0 Å². The maximum Gasteiger partial charge on any atom is 0.0539 e. The number of nitrogens with two attached hydrogens (primary N) is 1. The number of halogens is 1. The zero-order valence-corrected chi connectivity index (χ0v) is 12.7. The lowest BCUT2D eigenvalue weighted by Crippen LogP contribution is -2.45. The molecule has 3 nitrogen and oxygen atoms in total. The first kappa shape index (κ1) is 13.8. The summed E-state index contributed by atoms with van der Waals surface area (Å²) in [4.78, 5) is 4.86. The van der Waals surface area contributed by atoms with Crippen LogP contribution in [0.4, 0.5) is 5.69 Å². The first-order valence-electron chi connectivity index (χ1n) is 6.55. The lowest BCUT2D eigenvalue weighted by atomic mass is 10.2. The Kier molecular flexibility index (Phi) is 4.65. The molecule has 0 radical (unpaired) electrons. The van der Waals surface area contributed by atoms with Gasteiger partial charge in [-0.1, -0.05) is 12.1 Å². The van der Waals surface area contributed by atoms with E-state index in [2.05, 4.69) is 64.0 Å². The van der Waals surface area contributed by atoms with Gasteiger partial charge >= 0.3 is 0 Å². The lowest BCUT2D eigenvalue weighted by molar-refractivity contribution is 0.256. The average Bonchev–Trinajstić information content (AvgIpc) is 2.51. The van der Waals surface area contributed by atoms with Crippen LogP contribution in [0.15, 0.2) is 28.7 Å². The molecule has 1 heterocycles. The van der Waals surface area contributed by atoms with Crippen LogP contribution in [-0.2, 0) is 0 Å². The first-order chi connectivity index (χ1) is 8.63. The van der Waals surface area contributed by atoms with Crippen molar-refractivity contribution in [2.75, 3.05) is 31.6 Å². The van der Waals surface area contributed by atoms with Crippen LogP contribution >= 0.6 is 15.9 Å². The molecule has 1 aromatic carbocycles. The van der Waals surface area contributed by atoms with Gasteiger partial charge in [-0.2, -0.15) is 0 Å². The van der Waals surface area contributed by atoms with E-state index in [0.29, 0.717) is 18.6 Å². The lowest BCUT2D eigenvalue weighted by Gasteiger charge is -2.32. The maximum atomic E-state index is 5.97. The minimum Gasteiger partial charge on any atom is -0.365 e. The van der Waals surface area contributed by atoms with Crippen molar-refractivity contribution in [1.82, 2.24) is 4.90 Å². The van der Waals surface area contributed by atoms with E-state index in [0.717, 1.165) is 17.6 Å². The van der Waals surface area contributed by atoms with E-state index in [9.17, 15) is 0 Å². The molecular weight excluding hydrogens is 290 g/mol. The van der Waals surface area contributed by atoms with Crippen molar-refractivity contribution in [1.29, 1.82) is 0 Å². The van der Waals surface area contributed by atoms with Crippen molar-refractivity contribution in [2.45, 2.75) is 25.4 Å². The molecule has 1 fully saturated rings. The molecule has 0 bridgehead atoms. The number of hydrogen-bond acceptors (Lipinski definition) is 3. The summed E-state index contributed by atoms with van der Waals surface area (Å²) in [5.41, 5.74) is 7.23. The fraction of sp³-hybridized carbons (Fsp3) is 0.571. The minimum absolute atomic E-state index is 0.388. The predicted molar refractivity (Wildman–Crippen MR) is 81.0 cm³/mol. The molecule has 2 N–H and O–H groups in total. The van der Waals surface area contributed by atoms with Gasteiger partial charge in [-0.05, 0) is 48.5 Å². The average molecular weight is 312 g/mol. The van der Waals surface area contributed by atoms with E-state index < -0.39 is 0 Å². The third-order valence-corrected chi connectivity index (χ3v) is 4.58. The zero-order chi connectivity index (χ0) is 13.1. The molecule has 2 atom stereocenters. The molecule has 0 aromatic heterocycles. The Morgan fingerprint density at radius 3 is 2.78 bits per heavy atom. The van der Waals surface area contributed by atoms with Gasteiger partial charge in [0.05, 0.1) is 11.7 Å². The number of rotatable bonds is 2. The van der Waals surface area contributed by atoms with Crippen molar-refractivity contribution in [3.05, 3.63) is 28.7 Å². The fourth-order valence-electron chi connectivity index (χ4n) is 2.54. The Hall–Kier alpha value is -0.580. The Labute approximate surface area is 118 Å². The van der Waals surface area contributed by atoms with Crippen molar-refractivity contribution < 1.29 is 0 Å². The maximum absolute atomic E-state index is 5.97. The van der Waals surface area contributed by atoms with Gasteiger partial charge in [-0.15, -0.1) is 0 Å². The predicted octanol–water partition coefficient (Wildman–Crippen LogP) is 2.31. The van der Waals surface area contributed by atoms with Crippen LogP contribution in [0.3, 0.4) is 0 Å². The van der Waals surface area contributed by atoms with Crippen LogP contribution in [-0.4, -0.2) is 43.7 Å². The van der Waals surface area contributed by atoms with Gasteiger partial charge in [0.15, 0.2) is 0 Å². The monoisotopic (exact) mass is 311 g/mol. The van der Waals surface area contributed by atoms with Crippen LogP contribution in [0.1, 0.15) is 13.3 Å². The molecule has 18 heavy (non-hydrogen) atoms. The van der Waals surface area contributed by atoms with Gasteiger partial charge in [-0.25, -0.2) is 0 Å². The highest BCUT2D eigenvalue weighted by Gasteiger charge is 2.26. The Morgan fingerprint density at radius 1 is 1.39 bits per heavy atom. The van der Waals surface area contributed by atoms with Crippen molar-refractivity contribution >= 4 is 21.6 Å². The van der Waals surface area contributed by atoms with Crippen LogP contribution < -0.4 is 10.6 Å². The normalized spacial score (nSPS) is 26.1. The van der Waals surface area contributed by atoms with E-state index in [-0.39, 0.29) is 0 Å². The highest BCUT2D eigenvalue weighted by Crippen LogP contribution is 2.29. The highest BCUT2D eigenvalue weighted by atomic mass is 79.9. The first-order valence-corrected chi connectivity index (χ1v) is 7.34. The van der Waals surface area contributed by atoms with Crippen LogP contribution in [0.2, 0.25) is 0 Å². The number of likely N-dealkylation sites (N-methyl/N-ethyl adjacent to an activating group) is 1. The number of para-hydroxylation sites is 1. The summed E-state index contributed by atoms with van der Waals surface area (Å²) in [6.45, 7) is 5.07. The molecular formula is C14H22BrN3. The molecule has 1 aliphatic heterocycles. The summed E-state index contributed by atoms with van der Waals surface area (Å²) in [6.07, 6.45) is 1.17. The number of anilines is 1. The second-order valence-electron chi connectivity index (χ2n) is 5.11. The van der Waals surface area contributed by atoms with E-state index in [1.165, 1.54) is 12.1 Å². The smallest absolute Gasteiger partial charge is 0.0539 e. The summed E-state index contributed by atoms with van der Waals surface area (Å²) in [7, 11) is 2.19. The summed E-state index contributed by atoms with van der Waals surface area (Å²) in [5.74, 6) is 0. The largest absolute Gasteiger partial charge is 0.365 e. The van der Waals surface area contributed by atoms with Crippen molar-refractivity contribution in [2.24, 2.45) is 5.73 Å². The van der Waals surface area contributed by atoms with Gasteiger partial charge in [0, 0.05) is 30.1 Å². The van der Waals surface area contributed by atoms with E-state index in [1.807, 2.05) is 0 Å². The Morgan fingerprint density at radius 2 is 2.11 bits per heavy atom. The number of benzene rings is 1. The third kappa shape index (κ3) is 2.87. The third-order valence-electron chi connectivity index (χ3n) is 3.91. The second-order valence-corrected chi connectivity index (χ2v) is 5.97. The molecule has 2 unspecified atom stereocenters. The van der Waals surface area contributed by atoms with Crippen molar-refractivity contribution in [3.63, 3.8) is 0 Å².